The number of carbonyl (C=O) groups is 2. The molecule has 166 valence electrons. The van der Waals surface area contributed by atoms with Crippen molar-refractivity contribution in [3.8, 4) is 0 Å². The van der Waals surface area contributed by atoms with Gasteiger partial charge in [0.15, 0.2) is 0 Å². The Morgan fingerprint density at radius 2 is 2.06 bits per heavy atom. The Morgan fingerprint density at radius 1 is 1.25 bits per heavy atom. The highest BCUT2D eigenvalue weighted by molar-refractivity contribution is 7.99. The molecular formula is C21H22N6O4S. The molecule has 1 unspecified atom stereocenters. The third kappa shape index (κ3) is 4.83. The minimum atomic E-state index is -0.757. The Hall–Kier alpha value is -3.60. The third-order valence-corrected chi connectivity index (χ3v) is 5.70. The number of rotatable bonds is 8. The number of ether oxygens (including phenoxy) is 1. The van der Waals surface area contributed by atoms with Crippen LogP contribution in [-0.2, 0) is 16.1 Å². The summed E-state index contributed by atoms with van der Waals surface area (Å²) in [6.45, 7) is 4.23. The van der Waals surface area contributed by atoms with Crippen LogP contribution in [0.25, 0.3) is 0 Å². The molecule has 0 radical (unpaired) electrons. The molecule has 2 amide bonds. The Morgan fingerprint density at radius 3 is 2.78 bits per heavy atom. The largest absolute Gasteiger partial charge is 0.464 e. The van der Waals surface area contributed by atoms with Crippen LogP contribution < -0.4 is 10.6 Å². The smallest absolute Gasteiger partial charge is 0.338 e. The maximum Gasteiger partial charge on any atom is 0.338 e. The number of carbonyl (C=O) groups excluding carboxylic acids is 2. The zero-order valence-electron chi connectivity index (χ0n) is 17.6. The molecule has 3 aromatic rings. The summed E-state index contributed by atoms with van der Waals surface area (Å²) in [4.78, 5) is 25.2. The summed E-state index contributed by atoms with van der Waals surface area (Å²) in [6.07, 6.45) is 0. The number of benzene rings is 1. The zero-order valence-corrected chi connectivity index (χ0v) is 18.4. The lowest BCUT2D eigenvalue weighted by Crippen LogP contribution is -2.46. The molecule has 3 heterocycles. The first kappa shape index (κ1) is 21.6. The Kier molecular flexibility index (Phi) is 6.55. The van der Waals surface area contributed by atoms with Crippen LogP contribution in [0.5, 0.6) is 0 Å². The van der Waals surface area contributed by atoms with Crippen molar-refractivity contribution in [3.05, 3.63) is 70.8 Å². The van der Waals surface area contributed by atoms with Crippen molar-refractivity contribution in [3.63, 3.8) is 0 Å². The van der Waals surface area contributed by atoms with Crippen molar-refractivity contribution in [2.24, 2.45) is 0 Å². The Labute approximate surface area is 188 Å². The number of hydrogen-bond donors (Lipinski definition) is 2. The minimum Gasteiger partial charge on any atom is -0.464 e. The van der Waals surface area contributed by atoms with Gasteiger partial charge < -0.3 is 19.8 Å². The third-order valence-electron chi connectivity index (χ3n) is 4.71. The van der Waals surface area contributed by atoms with Crippen LogP contribution in [0.4, 0.5) is 4.79 Å². The van der Waals surface area contributed by atoms with Gasteiger partial charge in [-0.15, -0.1) is 5.10 Å². The first-order valence-corrected chi connectivity index (χ1v) is 11.0. The van der Waals surface area contributed by atoms with Gasteiger partial charge in [-0.05, 0) is 42.0 Å². The van der Waals surface area contributed by atoms with Crippen molar-refractivity contribution >= 4 is 23.8 Å². The quantitative estimate of drug-likeness (QED) is 0.393. The standard InChI is InChI=1S/C21H22N6O4S/c1-3-30-19(28)17-15(22-20(29)23-18(17)16-10-9-13(2)31-16)12-32-21-24-25-26-27(21)11-14-7-5-4-6-8-14/h4-10,18H,3,11-12H2,1-2H3,(H2,22,23,29). The lowest BCUT2D eigenvalue weighted by Gasteiger charge is -2.27. The van der Waals surface area contributed by atoms with Gasteiger partial charge in [-0.25, -0.2) is 14.3 Å². The molecule has 1 aliphatic heterocycles. The molecule has 32 heavy (non-hydrogen) atoms. The zero-order chi connectivity index (χ0) is 22.5. The van der Waals surface area contributed by atoms with Gasteiger partial charge in [-0.1, -0.05) is 42.1 Å². The highest BCUT2D eigenvalue weighted by Gasteiger charge is 2.35. The molecule has 4 rings (SSSR count). The van der Waals surface area contributed by atoms with E-state index in [0.29, 0.717) is 28.9 Å². The average molecular weight is 455 g/mol. The lowest BCUT2D eigenvalue weighted by molar-refractivity contribution is -0.139. The van der Waals surface area contributed by atoms with E-state index in [1.807, 2.05) is 30.3 Å². The summed E-state index contributed by atoms with van der Waals surface area (Å²) >= 11 is 1.31. The number of tetrazole rings is 1. The molecule has 2 N–H and O–H groups in total. The van der Waals surface area contributed by atoms with Crippen molar-refractivity contribution < 1.29 is 18.7 Å². The molecule has 11 heteroatoms. The molecule has 10 nitrogen and oxygen atoms in total. The Bertz CT molecular complexity index is 1140. The molecule has 1 atom stereocenters. The molecule has 0 fully saturated rings. The number of esters is 1. The monoisotopic (exact) mass is 454 g/mol. The fourth-order valence-corrected chi connectivity index (χ4v) is 4.14. The second-order valence-electron chi connectivity index (χ2n) is 6.99. The maximum absolute atomic E-state index is 12.8. The minimum absolute atomic E-state index is 0.204. The van der Waals surface area contributed by atoms with Gasteiger partial charge in [-0.3, -0.25) is 0 Å². The van der Waals surface area contributed by atoms with Gasteiger partial charge in [0, 0.05) is 11.4 Å². The van der Waals surface area contributed by atoms with Gasteiger partial charge in [0.05, 0.1) is 18.7 Å². The number of thioether (sulfide) groups is 1. The fraction of sp³-hybridized carbons (Fsp3) is 0.286. The molecule has 2 aromatic heterocycles. The van der Waals surface area contributed by atoms with Gasteiger partial charge in [0.1, 0.15) is 17.6 Å². The van der Waals surface area contributed by atoms with E-state index in [0.717, 1.165) is 5.56 Å². The summed E-state index contributed by atoms with van der Waals surface area (Å²) < 4.78 is 12.6. The van der Waals surface area contributed by atoms with E-state index in [9.17, 15) is 9.59 Å². The van der Waals surface area contributed by atoms with E-state index in [2.05, 4.69) is 26.2 Å². The number of urea groups is 1. The summed E-state index contributed by atoms with van der Waals surface area (Å²) in [5.41, 5.74) is 1.76. The van der Waals surface area contributed by atoms with Crippen molar-refractivity contribution in [2.75, 3.05) is 12.4 Å². The molecule has 0 spiro atoms. The topological polar surface area (TPSA) is 124 Å². The maximum atomic E-state index is 12.8. The van der Waals surface area contributed by atoms with Gasteiger partial charge in [0.2, 0.25) is 5.16 Å². The fourth-order valence-electron chi connectivity index (χ4n) is 3.30. The highest BCUT2D eigenvalue weighted by Crippen LogP contribution is 2.31. The highest BCUT2D eigenvalue weighted by atomic mass is 32.2. The number of hydrogen-bond acceptors (Lipinski definition) is 8. The number of nitrogens with one attached hydrogen (secondary N) is 2. The van der Waals surface area contributed by atoms with E-state index in [1.54, 1.807) is 30.7 Å². The summed E-state index contributed by atoms with van der Waals surface area (Å²) in [5.74, 6) is 0.856. The van der Waals surface area contributed by atoms with Crippen LogP contribution >= 0.6 is 11.8 Å². The lowest BCUT2D eigenvalue weighted by atomic mass is 10.0. The number of aromatic nitrogens is 4. The van der Waals surface area contributed by atoms with Gasteiger partial charge in [0.25, 0.3) is 0 Å². The number of nitrogens with zero attached hydrogens (tertiary/aromatic N) is 4. The van der Waals surface area contributed by atoms with E-state index in [4.69, 9.17) is 9.15 Å². The van der Waals surface area contributed by atoms with Crippen molar-refractivity contribution in [1.29, 1.82) is 0 Å². The van der Waals surface area contributed by atoms with Crippen molar-refractivity contribution in [1.82, 2.24) is 30.8 Å². The SMILES string of the molecule is CCOC(=O)C1=C(CSc2nnnn2Cc2ccccc2)NC(=O)NC1c1ccc(C)o1. The molecule has 1 aliphatic rings. The van der Waals surface area contributed by atoms with Gasteiger partial charge >= 0.3 is 12.0 Å². The van der Waals surface area contributed by atoms with E-state index in [-0.39, 0.29) is 17.9 Å². The van der Waals surface area contributed by atoms with Crippen LogP contribution in [0, 0.1) is 6.92 Å². The number of aryl methyl sites for hydroxylation is 1. The predicted molar refractivity (Wildman–Crippen MR) is 116 cm³/mol. The molecule has 0 saturated carbocycles. The second-order valence-corrected chi connectivity index (χ2v) is 7.93. The van der Waals surface area contributed by atoms with Crippen LogP contribution in [0.3, 0.4) is 0 Å². The van der Waals surface area contributed by atoms with E-state index >= 15 is 0 Å². The second kappa shape index (κ2) is 9.69. The molecular weight excluding hydrogens is 432 g/mol. The summed E-state index contributed by atoms with van der Waals surface area (Å²) in [6, 6.07) is 12.1. The first-order chi connectivity index (χ1) is 15.5. The van der Waals surface area contributed by atoms with Crippen LogP contribution in [0.1, 0.15) is 30.0 Å². The number of amides is 2. The summed E-state index contributed by atoms with van der Waals surface area (Å²) in [7, 11) is 0. The Balaban J connectivity index is 1.60. The van der Waals surface area contributed by atoms with Crippen LogP contribution in [0.2, 0.25) is 0 Å². The number of furan rings is 1. The van der Waals surface area contributed by atoms with Crippen LogP contribution in [-0.4, -0.2) is 44.6 Å². The molecule has 0 bridgehead atoms. The molecule has 0 aliphatic carbocycles. The molecule has 0 saturated heterocycles. The van der Waals surface area contributed by atoms with E-state index < -0.39 is 18.0 Å². The normalized spacial score (nSPS) is 15.9. The van der Waals surface area contributed by atoms with Crippen LogP contribution in [0.15, 0.2) is 63.3 Å². The van der Waals surface area contributed by atoms with Gasteiger partial charge in [-0.2, -0.15) is 0 Å². The predicted octanol–water partition coefficient (Wildman–Crippen LogP) is 2.59. The molecule has 1 aromatic carbocycles. The summed E-state index contributed by atoms with van der Waals surface area (Å²) in [5, 5.41) is 17.9. The van der Waals surface area contributed by atoms with Crippen molar-refractivity contribution in [2.45, 2.75) is 31.6 Å². The van der Waals surface area contributed by atoms with E-state index in [1.165, 1.54) is 11.8 Å². The average Bonchev–Trinajstić information content (AvgIpc) is 3.41. The first-order valence-electron chi connectivity index (χ1n) is 10.0.